The van der Waals surface area contributed by atoms with Crippen LogP contribution in [-0.2, 0) is 0 Å². The van der Waals surface area contributed by atoms with Gasteiger partial charge < -0.3 is 10.1 Å². The van der Waals surface area contributed by atoms with E-state index in [0.717, 1.165) is 34.0 Å². The van der Waals surface area contributed by atoms with Gasteiger partial charge in [0.2, 0.25) is 0 Å². The number of hydrogen-bond donors (Lipinski definition) is 1. The lowest BCUT2D eigenvalue weighted by Crippen LogP contribution is -2.17. The monoisotopic (exact) mass is 303 g/mol. The maximum atomic E-state index is 6.46. The molecule has 0 aliphatic heterocycles. The van der Waals surface area contributed by atoms with E-state index >= 15 is 0 Å². The standard InChI is InChI=1S/C18H22ClNO/c1-4-20-13(3)15-11-10-14(12-17(15)19)16-8-6-7-9-18(16)21-5-2/h6-13,20H,4-5H2,1-3H3. The van der Waals surface area contributed by atoms with Crippen molar-refractivity contribution in [2.24, 2.45) is 0 Å². The van der Waals surface area contributed by atoms with Gasteiger partial charge in [-0.1, -0.05) is 48.9 Å². The Morgan fingerprint density at radius 3 is 2.57 bits per heavy atom. The quantitative estimate of drug-likeness (QED) is 0.804. The van der Waals surface area contributed by atoms with Crippen molar-refractivity contribution < 1.29 is 4.74 Å². The number of rotatable bonds is 6. The van der Waals surface area contributed by atoms with Crippen molar-refractivity contribution in [2.75, 3.05) is 13.2 Å². The van der Waals surface area contributed by atoms with Gasteiger partial charge >= 0.3 is 0 Å². The molecule has 0 bridgehead atoms. The van der Waals surface area contributed by atoms with Crippen molar-refractivity contribution in [1.82, 2.24) is 5.32 Å². The second-order valence-electron chi connectivity index (χ2n) is 4.94. The molecular weight excluding hydrogens is 282 g/mol. The van der Waals surface area contributed by atoms with Crippen LogP contribution in [0.1, 0.15) is 32.4 Å². The minimum Gasteiger partial charge on any atom is -0.493 e. The fourth-order valence-electron chi connectivity index (χ4n) is 2.45. The Bertz CT molecular complexity index is 598. The predicted octanol–water partition coefficient (Wildman–Crippen LogP) is 5.08. The van der Waals surface area contributed by atoms with Gasteiger partial charge in [-0.3, -0.25) is 0 Å². The van der Waals surface area contributed by atoms with Crippen LogP contribution in [0.4, 0.5) is 0 Å². The summed E-state index contributed by atoms with van der Waals surface area (Å²) in [6.45, 7) is 7.79. The van der Waals surface area contributed by atoms with Crippen molar-refractivity contribution in [3.05, 3.63) is 53.1 Å². The molecule has 1 atom stereocenters. The number of benzene rings is 2. The van der Waals surface area contributed by atoms with Crippen molar-refractivity contribution in [3.8, 4) is 16.9 Å². The third-order valence-corrected chi connectivity index (χ3v) is 3.80. The highest BCUT2D eigenvalue weighted by Crippen LogP contribution is 2.34. The number of para-hydroxylation sites is 1. The van der Waals surface area contributed by atoms with Crippen LogP contribution in [0.2, 0.25) is 5.02 Å². The largest absolute Gasteiger partial charge is 0.493 e. The number of hydrogen-bond acceptors (Lipinski definition) is 2. The van der Waals surface area contributed by atoms with Crippen molar-refractivity contribution in [1.29, 1.82) is 0 Å². The maximum Gasteiger partial charge on any atom is 0.127 e. The summed E-state index contributed by atoms with van der Waals surface area (Å²) in [5.74, 6) is 0.892. The zero-order valence-electron chi connectivity index (χ0n) is 12.8. The Kier molecular flexibility index (Phi) is 5.66. The third-order valence-electron chi connectivity index (χ3n) is 3.48. The van der Waals surface area contributed by atoms with Gasteiger partial charge in [0.1, 0.15) is 5.75 Å². The highest BCUT2D eigenvalue weighted by molar-refractivity contribution is 6.31. The van der Waals surface area contributed by atoms with Gasteiger partial charge in [-0.25, -0.2) is 0 Å². The fourth-order valence-corrected chi connectivity index (χ4v) is 2.79. The van der Waals surface area contributed by atoms with E-state index in [1.807, 2.05) is 31.2 Å². The van der Waals surface area contributed by atoms with E-state index in [4.69, 9.17) is 16.3 Å². The first kappa shape index (κ1) is 15.9. The van der Waals surface area contributed by atoms with E-state index in [1.54, 1.807) is 0 Å². The Labute approximate surface area is 132 Å². The summed E-state index contributed by atoms with van der Waals surface area (Å²) in [5.41, 5.74) is 3.27. The molecule has 0 aromatic heterocycles. The highest BCUT2D eigenvalue weighted by Gasteiger charge is 2.11. The first-order chi connectivity index (χ1) is 10.2. The zero-order valence-corrected chi connectivity index (χ0v) is 13.6. The molecule has 0 aliphatic rings. The minimum absolute atomic E-state index is 0.249. The molecule has 21 heavy (non-hydrogen) atoms. The lowest BCUT2D eigenvalue weighted by Gasteiger charge is -2.16. The molecule has 0 aliphatic carbocycles. The van der Waals surface area contributed by atoms with E-state index < -0.39 is 0 Å². The van der Waals surface area contributed by atoms with Crippen LogP contribution in [0.3, 0.4) is 0 Å². The van der Waals surface area contributed by atoms with Crippen molar-refractivity contribution in [2.45, 2.75) is 26.8 Å². The van der Waals surface area contributed by atoms with Crippen LogP contribution >= 0.6 is 11.6 Å². The molecule has 1 unspecified atom stereocenters. The summed E-state index contributed by atoms with van der Waals surface area (Å²) in [4.78, 5) is 0. The molecule has 2 nitrogen and oxygen atoms in total. The molecule has 0 spiro atoms. The molecule has 2 aromatic carbocycles. The van der Waals surface area contributed by atoms with Gasteiger partial charge in [-0.2, -0.15) is 0 Å². The van der Waals surface area contributed by atoms with Gasteiger partial charge in [-0.05, 0) is 43.7 Å². The molecule has 0 fully saturated rings. The van der Waals surface area contributed by atoms with E-state index in [-0.39, 0.29) is 6.04 Å². The molecule has 0 amide bonds. The van der Waals surface area contributed by atoms with E-state index in [0.29, 0.717) is 6.61 Å². The second kappa shape index (κ2) is 7.48. The average molecular weight is 304 g/mol. The Balaban J connectivity index is 2.36. The van der Waals surface area contributed by atoms with Crippen LogP contribution in [0, 0.1) is 0 Å². The number of ether oxygens (including phenoxy) is 1. The van der Waals surface area contributed by atoms with Crippen LogP contribution < -0.4 is 10.1 Å². The Hall–Kier alpha value is -1.51. The molecule has 3 heteroatoms. The summed E-state index contributed by atoms with van der Waals surface area (Å²) >= 11 is 6.46. The van der Waals surface area contributed by atoms with Gasteiger partial charge in [0, 0.05) is 16.6 Å². The first-order valence-electron chi connectivity index (χ1n) is 7.42. The molecule has 0 radical (unpaired) electrons. The molecule has 1 N–H and O–H groups in total. The van der Waals surface area contributed by atoms with Gasteiger partial charge in [-0.15, -0.1) is 0 Å². The van der Waals surface area contributed by atoms with Gasteiger partial charge in [0.15, 0.2) is 0 Å². The van der Waals surface area contributed by atoms with Crippen molar-refractivity contribution in [3.63, 3.8) is 0 Å². The highest BCUT2D eigenvalue weighted by atomic mass is 35.5. The summed E-state index contributed by atoms with van der Waals surface area (Å²) in [6.07, 6.45) is 0. The molecule has 2 aromatic rings. The molecule has 2 rings (SSSR count). The summed E-state index contributed by atoms with van der Waals surface area (Å²) < 4.78 is 5.69. The lowest BCUT2D eigenvalue weighted by atomic mass is 10.0. The van der Waals surface area contributed by atoms with Crippen molar-refractivity contribution >= 4 is 11.6 Å². The molecule has 112 valence electrons. The normalized spacial score (nSPS) is 12.2. The van der Waals surface area contributed by atoms with Crippen LogP contribution in [0.25, 0.3) is 11.1 Å². The Morgan fingerprint density at radius 2 is 1.90 bits per heavy atom. The summed E-state index contributed by atoms with van der Waals surface area (Å²) in [6, 6.07) is 14.5. The zero-order chi connectivity index (χ0) is 15.2. The first-order valence-corrected chi connectivity index (χ1v) is 7.80. The van der Waals surface area contributed by atoms with Crippen LogP contribution in [0.15, 0.2) is 42.5 Å². The SMILES string of the molecule is CCNC(C)c1ccc(-c2ccccc2OCC)cc1Cl. The summed E-state index contributed by atoms with van der Waals surface area (Å²) in [7, 11) is 0. The molecule has 0 saturated carbocycles. The maximum absolute atomic E-state index is 6.46. The van der Waals surface area contributed by atoms with Crippen LogP contribution in [0.5, 0.6) is 5.75 Å². The van der Waals surface area contributed by atoms with E-state index in [2.05, 4.69) is 37.4 Å². The molecular formula is C18H22ClNO. The van der Waals surface area contributed by atoms with Gasteiger partial charge in [0.25, 0.3) is 0 Å². The topological polar surface area (TPSA) is 21.3 Å². The van der Waals surface area contributed by atoms with Crippen LogP contribution in [-0.4, -0.2) is 13.2 Å². The molecule has 0 heterocycles. The molecule has 0 saturated heterocycles. The second-order valence-corrected chi connectivity index (χ2v) is 5.35. The minimum atomic E-state index is 0.249. The number of nitrogens with one attached hydrogen (secondary N) is 1. The Morgan fingerprint density at radius 1 is 1.14 bits per heavy atom. The van der Waals surface area contributed by atoms with E-state index in [9.17, 15) is 0 Å². The smallest absolute Gasteiger partial charge is 0.127 e. The fraction of sp³-hybridized carbons (Fsp3) is 0.333. The van der Waals surface area contributed by atoms with Gasteiger partial charge in [0.05, 0.1) is 6.61 Å². The third kappa shape index (κ3) is 3.78. The average Bonchev–Trinajstić information content (AvgIpc) is 2.48. The summed E-state index contributed by atoms with van der Waals surface area (Å²) in [5, 5.41) is 4.17. The van der Waals surface area contributed by atoms with E-state index in [1.165, 1.54) is 0 Å². The number of halogens is 1. The predicted molar refractivity (Wildman–Crippen MR) is 90.1 cm³/mol. The lowest BCUT2D eigenvalue weighted by molar-refractivity contribution is 0.341.